The van der Waals surface area contributed by atoms with Crippen LogP contribution in [0.3, 0.4) is 0 Å². The third-order valence-corrected chi connectivity index (χ3v) is 3.85. The minimum atomic E-state index is -0.360. The number of hydrogen-bond acceptors (Lipinski definition) is 5. The van der Waals surface area contributed by atoms with E-state index < -0.39 is 0 Å². The summed E-state index contributed by atoms with van der Waals surface area (Å²) >= 11 is 1.68. The van der Waals surface area contributed by atoms with Crippen LogP contribution in [-0.4, -0.2) is 46.9 Å². The van der Waals surface area contributed by atoms with E-state index in [1.807, 2.05) is 6.92 Å². The van der Waals surface area contributed by atoms with Crippen molar-refractivity contribution < 1.29 is 9.84 Å². The summed E-state index contributed by atoms with van der Waals surface area (Å²) in [7, 11) is 0. The highest BCUT2D eigenvalue weighted by molar-refractivity contribution is 7.09. The van der Waals surface area contributed by atoms with Gasteiger partial charge < -0.3 is 9.84 Å². The second-order valence-electron chi connectivity index (χ2n) is 4.12. The summed E-state index contributed by atoms with van der Waals surface area (Å²) in [5.74, 6) is 0. The number of nitrogens with zero attached hydrogens (tertiary/aromatic N) is 2. The van der Waals surface area contributed by atoms with Crippen molar-refractivity contribution in [2.75, 3.05) is 19.8 Å². The molecule has 1 aliphatic heterocycles. The summed E-state index contributed by atoms with van der Waals surface area (Å²) in [4.78, 5) is 6.68. The van der Waals surface area contributed by atoms with Crippen molar-refractivity contribution in [1.82, 2.24) is 9.88 Å². The van der Waals surface area contributed by atoms with Crippen LogP contribution < -0.4 is 0 Å². The molecule has 1 aromatic heterocycles. The fourth-order valence-corrected chi connectivity index (χ4v) is 2.79. The molecule has 1 fully saturated rings. The van der Waals surface area contributed by atoms with Gasteiger partial charge in [-0.05, 0) is 13.5 Å². The van der Waals surface area contributed by atoms with Crippen molar-refractivity contribution in [2.45, 2.75) is 32.5 Å². The Kier molecular flexibility index (Phi) is 3.91. The van der Waals surface area contributed by atoms with Crippen molar-refractivity contribution in [3.8, 4) is 0 Å². The number of aryl methyl sites for hydroxylation is 1. The van der Waals surface area contributed by atoms with Gasteiger partial charge in [0.1, 0.15) is 5.01 Å². The van der Waals surface area contributed by atoms with E-state index in [-0.39, 0.29) is 12.1 Å². The molecule has 2 heterocycles. The highest BCUT2D eigenvalue weighted by Gasteiger charge is 2.31. The Bertz CT molecular complexity index is 342. The van der Waals surface area contributed by atoms with Crippen LogP contribution in [0.1, 0.15) is 17.6 Å². The van der Waals surface area contributed by atoms with Crippen LogP contribution in [0, 0.1) is 6.92 Å². The van der Waals surface area contributed by atoms with E-state index >= 15 is 0 Å². The zero-order valence-electron chi connectivity index (χ0n) is 9.72. The van der Waals surface area contributed by atoms with Gasteiger partial charge in [-0.1, -0.05) is 6.92 Å². The number of rotatable bonds is 4. The molecule has 2 atom stereocenters. The lowest BCUT2D eigenvalue weighted by molar-refractivity contribution is 0.0807. The Labute approximate surface area is 99.9 Å². The molecule has 0 bridgehead atoms. The summed E-state index contributed by atoms with van der Waals surface area (Å²) in [6.07, 6.45) is -0.360. The van der Waals surface area contributed by atoms with E-state index in [4.69, 9.17) is 4.74 Å². The van der Waals surface area contributed by atoms with Crippen LogP contribution in [-0.2, 0) is 11.3 Å². The number of thiazole rings is 1. The predicted octanol–water partition coefficient (Wildman–Crippen LogP) is 1.03. The molecule has 0 spiro atoms. The van der Waals surface area contributed by atoms with Gasteiger partial charge in [-0.2, -0.15) is 0 Å². The van der Waals surface area contributed by atoms with Crippen molar-refractivity contribution in [2.24, 2.45) is 0 Å². The van der Waals surface area contributed by atoms with Gasteiger partial charge in [0, 0.05) is 11.1 Å². The number of aliphatic hydroxyl groups is 1. The Balaban J connectivity index is 2.00. The van der Waals surface area contributed by atoms with Gasteiger partial charge in [-0.25, -0.2) is 4.98 Å². The number of aromatic nitrogens is 1. The lowest BCUT2D eigenvalue weighted by Gasteiger charge is -2.27. The molecule has 5 heteroatoms. The summed E-state index contributed by atoms with van der Waals surface area (Å²) in [5.41, 5.74) is 1.07. The van der Waals surface area contributed by atoms with E-state index in [1.165, 1.54) is 0 Å². The molecule has 16 heavy (non-hydrogen) atoms. The van der Waals surface area contributed by atoms with Crippen molar-refractivity contribution >= 4 is 11.3 Å². The van der Waals surface area contributed by atoms with Crippen molar-refractivity contribution in [1.29, 1.82) is 0 Å². The highest BCUT2D eigenvalue weighted by Crippen LogP contribution is 2.18. The molecule has 0 aliphatic carbocycles. The second kappa shape index (κ2) is 5.23. The van der Waals surface area contributed by atoms with Crippen LogP contribution in [0.4, 0.5) is 0 Å². The molecule has 1 saturated heterocycles. The quantitative estimate of drug-likeness (QED) is 0.856. The Morgan fingerprint density at radius 2 is 2.44 bits per heavy atom. The van der Waals surface area contributed by atoms with Crippen LogP contribution in [0.5, 0.6) is 0 Å². The smallest absolute Gasteiger partial charge is 0.107 e. The zero-order valence-corrected chi connectivity index (χ0v) is 10.5. The van der Waals surface area contributed by atoms with Crippen molar-refractivity contribution in [3.63, 3.8) is 0 Å². The number of ether oxygens (including phenoxy) is 1. The topological polar surface area (TPSA) is 45.6 Å². The van der Waals surface area contributed by atoms with Gasteiger partial charge in [0.2, 0.25) is 0 Å². The molecule has 0 unspecified atom stereocenters. The number of hydrogen-bond donors (Lipinski definition) is 1. The van der Waals surface area contributed by atoms with Gasteiger partial charge in [0.05, 0.1) is 31.9 Å². The molecule has 1 aromatic rings. The van der Waals surface area contributed by atoms with E-state index in [0.29, 0.717) is 13.2 Å². The first-order chi connectivity index (χ1) is 7.70. The predicted molar refractivity (Wildman–Crippen MR) is 63.5 cm³/mol. The van der Waals surface area contributed by atoms with Gasteiger partial charge >= 0.3 is 0 Å². The molecule has 1 aliphatic rings. The summed E-state index contributed by atoms with van der Waals surface area (Å²) in [6, 6.07) is 0.120. The summed E-state index contributed by atoms with van der Waals surface area (Å²) < 4.78 is 5.29. The van der Waals surface area contributed by atoms with Crippen LogP contribution in [0.25, 0.3) is 0 Å². The fraction of sp³-hybridized carbons (Fsp3) is 0.727. The molecule has 2 rings (SSSR count). The van der Waals surface area contributed by atoms with Crippen LogP contribution in [0.2, 0.25) is 0 Å². The minimum Gasteiger partial charge on any atom is -0.389 e. The van der Waals surface area contributed by atoms with Crippen LogP contribution >= 0.6 is 11.3 Å². The van der Waals surface area contributed by atoms with Gasteiger partial charge in [-0.3, -0.25) is 4.90 Å². The van der Waals surface area contributed by atoms with E-state index in [0.717, 1.165) is 23.8 Å². The maximum atomic E-state index is 9.79. The molecule has 1 N–H and O–H groups in total. The van der Waals surface area contributed by atoms with E-state index in [1.54, 1.807) is 11.3 Å². The van der Waals surface area contributed by atoms with Crippen molar-refractivity contribution in [3.05, 3.63) is 16.1 Å². The Morgan fingerprint density at radius 1 is 1.62 bits per heavy atom. The lowest BCUT2D eigenvalue weighted by atomic mass is 10.2. The number of aliphatic hydroxyl groups excluding tert-OH is 1. The first-order valence-corrected chi connectivity index (χ1v) is 6.49. The summed E-state index contributed by atoms with van der Waals surface area (Å²) in [6.45, 7) is 6.90. The molecular formula is C11H18N2O2S. The Hall–Kier alpha value is -0.490. The molecule has 4 nitrogen and oxygen atoms in total. The normalized spacial score (nSPS) is 25.5. The SMILES string of the molecule is CCN(Cc1nc(C)cs1)[C@@H]1COC[C@H]1O. The van der Waals surface area contributed by atoms with Gasteiger partial charge in [0.25, 0.3) is 0 Å². The Morgan fingerprint density at radius 3 is 2.94 bits per heavy atom. The van der Waals surface area contributed by atoms with E-state index in [2.05, 4.69) is 22.2 Å². The number of likely N-dealkylation sites (N-methyl/N-ethyl adjacent to an activating group) is 1. The monoisotopic (exact) mass is 242 g/mol. The first kappa shape index (κ1) is 12.0. The molecule has 0 aromatic carbocycles. The maximum absolute atomic E-state index is 9.79. The average molecular weight is 242 g/mol. The maximum Gasteiger partial charge on any atom is 0.107 e. The second-order valence-corrected chi connectivity index (χ2v) is 5.06. The largest absolute Gasteiger partial charge is 0.389 e. The minimum absolute atomic E-state index is 0.120. The highest BCUT2D eigenvalue weighted by atomic mass is 32.1. The molecule has 0 radical (unpaired) electrons. The molecule has 90 valence electrons. The van der Waals surface area contributed by atoms with E-state index in [9.17, 15) is 5.11 Å². The standard InChI is InChI=1S/C11H18N2O2S/c1-3-13(9-5-15-6-10(9)14)4-11-12-8(2)7-16-11/h7,9-10,14H,3-6H2,1-2H3/t9-,10-/m1/s1. The first-order valence-electron chi connectivity index (χ1n) is 5.61. The third kappa shape index (κ3) is 2.60. The molecule has 0 saturated carbocycles. The summed E-state index contributed by atoms with van der Waals surface area (Å²) in [5, 5.41) is 13.0. The van der Waals surface area contributed by atoms with Crippen LogP contribution in [0.15, 0.2) is 5.38 Å². The molecular weight excluding hydrogens is 224 g/mol. The average Bonchev–Trinajstić information content (AvgIpc) is 2.84. The fourth-order valence-electron chi connectivity index (χ4n) is 1.99. The third-order valence-electron chi connectivity index (χ3n) is 2.90. The lowest BCUT2D eigenvalue weighted by Crippen LogP contribution is -2.42. The molecule has 0 amide bonds. The van der Waals surface area contributed by atoms with Gasteiger partial charge in [-0.15, -0.1) is 11.3 Å². The van der Waals surface area contributed by atoms with Gasteiger partial charge in [0.15, 0.2) is 0 Å². The zero-order chi connectivity index (χ0) is 11.5.